The van der Waals surface area contributed by atoms with Crippen molar-refractivity contribution in [3.63, 3.8) is 0 Å². The van der Waals surface area contributed by atoms with Gasteiger partial charge in [0.05, 0.1) is 11.9 Å². The van der Waals surface area contributed by atoms with Crippen LogP contribution in [0.4, 0.5) is 11.8 Å². The number of aromatic nitrogens is 4. The average molecular weight is 365 g/mol. The van der Waals surface area contributed by atoms with Gasteiger partial charge in [-0.15, -0.1) is 0 Å². The standard InChI is InChI=1S/C16H17ClN6.2H2O/c1-3-23(4-2)15-13-14(21-16(18)22-15)19-9-12(20-13)10-5-7-11(17)8-6-10;;/h5-9H,3-4H2,1-2H3,(H2,18,19,21,22);2*1H2. The van der Waals surface area contributed by atoms with Crippen LogP contribution >= 0.6 is 11.6 Å². The molecule has 0 aliphatic heterocycles. The molecule has 0 aliphatic carbocycles. The van der Waals surface area contributed by atoms with Crippen LogP contribution in [0, 0.1) is 0 Å². The topological polar surface area (TPSA) is 144 Å². The third-order valence-corrected chi connectivity index (χ3v) is 3.86. The molecule has 134 valence electrons. The largest absolute Gasteiger partial charge is 0.412 e. The van der Waals surface area contributed by atoms with E-state index in [1.165, 1.54) is 0 Å². The number of hydrogen-bond acceptors (Lipinski definition) is 6. The number of anilines is 2. The zero-order valence-electron chi connectivity index (χ0n) is 14.0. The summed E-state index contributed by atoms with van der Waals surface area (Å²) in [7, 11) is 0. The molecule has 2 aromatic heterocycles. The van der Waals surface area contributed by atoms with Gasteiger partial charge in [-0.05, 0) is 26.0 Å². The van der Waals surface area contributed by atoms with Gasteiger partial charge in [0.25, 0.3) is 0 Å². The minimum atomic E-state index is 0. The molecule has 8 nitrogen and oxygen atoms in total. The lowest BCUT2D eigenvalue weighted by atomic mass is 10.1. The van der Waals surface area contributed by atoms with Gasteiger partial charge in [0.15, 0.2) is 17.0 Å². The fourth-order valence-corrected chi connectivity index (χ4v) is 2.54. The van der Waals surface area contributed by atoms with Crippen LogP contribution in [0.15, 0.2) is 30.5 Å². The Morgan fingerprint density at radius 3 is 2.24 bits per heavy atom. The molecule has 25 heavy (non-hydrogen) atoms. The van der Waals surface area contributed by atoms with E-state index in [9.17, 15) is 0 Å². The Morgan fingerprint density at radius 1 is 1.00 bits per heavy atom. The second-order valence-corrected chi connectivity index (χ2v) is 5.45. The van der Waals surface area contributed by atoms with Crippen LogP contribution in [0.25, 0.3) is 22.4 Å². The Kier molecular flexibility index (Phi) is 6.98. The normalized spacial score (nSPS) is 10.0. The predicted octanol–water partition coefficient (Wildman–Crippen LogP) is 1.52. The van der Waals surface area contributed by atoms with E-state index in [0.29, 0.717) is 22.0 Å². The monoisotopic (exact) mass is 364 g/mol. The number of nitrogens with zero attached hydrogens (tertiary/aromatic N) is 5. The third kappa shape index (κ3) is 4.11. The number of halogens is 1. The highest BCUT2D eigenvalue weighted by Gasteiger charge is 2.15. The number of rotatable bonds is 4. The molecule has 0 fully saturated rings. The molecular weight excluding hydrogens is 344 g/mol. The lowest BCUT2D eigenvalue weighted by molar-refractivity contribution is 0.823. The van der Waals surface area contributed by atoms with E-state index in [-0.39, 0.29) is 16.9 Å². The lowest BCUT2D eigenvalue weighted by Crippen LogP contribution is -2.24. The lowest BCUT2D eigenvalue weighted by Gasteiger charge is -2.20. The van der Waals surface area contributed by atoms with Crippen molar-refractivity contribution in [1.29, 1.82) is 0 Å². The van der Waals surface area contributed by atoms with E-state index in [2.05, 4.69) is 33.7 Å². The fraction of sp³-hybridized carbons (Fsp3) is 0.250. The van der Waals surface area contributed by atoms with Gasteiger partial charge < -0.3 is 21.6 Å². The fourth-order valence-electron chi connectivity index (χ4n) is 2.41. The molecular formula is C16H21ClN6O2. The minimum Gasteiger partial charge on any atom is -0.412 e. The smallest absolute Gasteiger partial charge is 0.224 e. The van der Waals surface area contributed by atoms with Gasteiger partial charge in [-0.1, -0.05) is 23.7 Å². The second kappa shape index (κ2) is 8.52. The summed E-state index contributed by atoms with van der Waals surface area (Å²) < 4.78 is 0. The molecule has 0 atom stereocenters. The Morgan fingerprint density at radius 2 is 1.64 bits per heavy atom. The minimum absolute atomic E-state index is 0. The maximum absolute atomic E-state index is 5.94. The van der Waals surface area contributed by atoms with Crippen molar-refractivity contribution in [3.8, 4) is 11.3 Å². The van der Waals surface area contributed by atoms with Crippen LogP contribution < -0.4 is 10.6 Å². The third-order valence-electron chi connectivity index (χ3n) is 3.61. The van der Waals surface area contributed by atoms with Crippen LogP contribution in [0.1, 0.15) is 13.8 Å². The first-order chi connectivity index (χ1) is 11.1. The summed E-state index contributed by atoms with van der Waals surface area (Å²) in [5, 5.41) is 0.683. The molecule has 1 aromatic carbocycles. The van der Waals surface area contributed by atoms with Gasteiger partial charge in [0.2, 0.25) is 5.95 Å². The van der Waals surface area contributed by atoms with E-state index in [0.717, 1.165) is 24.3 Å². The highest BCUT2D eigenvalue weighted by Crippen LogP contribution is 2.25. The SMILES string of the molecule is CCN(CC)c1nc(N)nc2ncc(-c3ccc(Cl)cc3)nc12.O.O. The van der Waals surface area contributed by atoms with Crippen LogP contribution in [-0.2, 0) is 0 Å². The predicted molar refractivity (Wildman–Crippen MR) is 101 cm³/mol. The first kappa shape index (κ1) is 20.5. The van der Waals surface area contributed by atoms with E-state index in [4.69, 9.17) is 22.3 Å². The van der Waals surface area contributed by atoms with Gasteiger partial charge in [0.1, 0.15) is 0 Å². The molecule has 0 amide bonds. The highest BCUT2D eigenvalue weighted by molar-refractivity contribution is 6.30. The van der Waals surface area contributed by atoms with Gasteiger partial charge >= 0.3 is 0 Å². The summed E-state index contributed by atoms with van der Waals surface area (Å²) in [6.07, 6.45) is 1.68. The van der Waals surface area contributed by atoms with Crippen molar-refractivity contribution < 1.29 is 11.0 Å². The van der Waals surface area contributed by atoms with Crippen molar-refractivity contribution >= 4 is 34.5 Å². The summed E-state index contributed by atoms with van der Waals surface area (Å²) in [5.74, 6) is 0.911. The van der Waals surface area contributed by atoms with E-state index < -0.39 is 0 Å². The maximum Gasteiger partial charge on any atom is 0.224 e. The highest BCUT2D eigenvalue weighted by atomic mass is 35.5. The summed E-state index contributed by atoms with van der Waals surface area (Å²) >= 11 is 5.94. The molecule has 0 saturated heterocycles. The number of hydrogen-bond donors (Lipinski definition) is 1. The Hall–Kier alpha value is -2.55. The first-order valence-electron chi connectivity index (χ1n) is 7.43. The summed E-state index contributed by atoms with van der Waals surface area (Å²) in [4.78, 5) is 19.7. The Bertz CT molecular complexity index is 840. The van der Waals surface area contributed by atoms with E-state index >= 15 is 0 Å². The van der Waals surface area contributed by atoms with Crippen LogP contribution in [-0.4, -0.2) is 44.0 Å². The molecule has 0 aliphatic rings. The van der Waals surface area contributed by atoms with Crippen LogP contribution in [0.3, 0.4) is 0 Å². The summed E-state index contributed by atoms with van der Waals surface area (Å²) in [5.41, 5.74) is 8.63. The molecule has 0 spiro atoms. The van der Waals surface area contributed by atoms with Crippen LogP contribution in [0.2, 0.25) is 5.02 Å². The Labute approximate surface area is 150 Å². The Balaban J connectivity index is 0.00000156. The van der Waals surface area contributed by atoms with Crippen molar-refractivity contribution in [2.75, 3.05) is 23.7 Å². The quantitative estimate of drug-likeness (QED) is 0.742. The number of benzene rings is 1. The van der Waals surface area contributed by atoms with Crippen molar-refractivity contribution in [2.45, 2.75) is 13.8 Å². The van der Waals surface area contributed by atoms with Gasteiger partial charge in [-0.3, -0.25) is 0 Å². The van der Waals surface area contributed by atoms with E-state index in [1.54, 1.807) is 6.20 Å². The average Bonchev–Trinajstić information content (AvgIpc) is 2.56. The molecule has 3 aromatic rings. The molecule has 0 bridgehead atoms. The first-order valence-corrected chi connectivity index (χ1v) is 7.81. The summed E-state index contributed by atoms with van der Waals surface area (Å²) in [6.45, 7) is 5.72. The molecule has 0 radical (unpaired) electrons. The summed E-state index contributed by atoms with van der Waals surface area (Å²) in [6, 6.07) is 7.47. The number of fused-ring (bicyclic) bond motifs is 1. The van der Waals surface area contributed by atoms with Gasteiger partial charge in [-0.25, -0.2) is 9.97 Å². The second-order valence-electron chi connectivity index (χ2n) is 5.01. The van der Waals surface area contributed by atoms with E-state index in [1.807, 2.05) is 24.3 Å². The van der Waals surface area contributed by atoms with Crippen molar-refractivity contribution in [1.82, 2.24) is 19.9 Å². The molecule has 0 saturated carbocycles. The molecule has 0 unspecified atom stereocenters. The zero-order valence-corrected chi connectivity index (χ0v) is 14.7. The number of nitrogens with two attached hydrogens (primary N) is 1. The van der Waals surface area contributed by atoms with Gasteiger partial charge in [0, 0.05) is 23.7 Å². The van der Waals surface area contributed by atoms with Crippen molar-refractivity contribution in [2.24, 2.45) is 0 Å². The maximum atomic E-state index is 5.94. The number of nitrogen functional groups attached to an aromatic ring is 1. The van der Waals surface area contributed by atoms with Crippen LogP contribution in [0.5, 0.6) is 0 Å². The molecule has 9 heteroatoms. The molecule has 2 heterocycles. The molecule has 3 rings (SSSR count). The molecule has 6 N–H and O–H groups in total. The van der Waals surface area contributed by atoms with Gasteiger partial charge in [-0.2, -0.15) is 9.97 Å². The van der Waals surface area contributed by atoms with Crippen molar-refractivity contribution in [3.05, 3.63) is 35.5 Å². The zero-order chi connectivity index (χ0) is 16.4.